The molecule has 0 radical (unpaired) electrons. The van der Waals surface area contributed by atoms with Crippen LogP contribution in [0.1, 0.15) is 17.5 Å². The van der Waals surface area contributed by atoms with Crippen LogP contribution < -0.4 is 5.32 Å². The fourth-order valence-electron chi connectivity index (χ4n) is 3.35. The van der Waals surface area contributed by atoms with Crippen LogP contribution in [0.5, 0.6) is 0 Å². The number of carbonyl (C=O) groups excluding carboxylic acids is 1. The Labute approximate surface area is 155 Å². The summed E-state index contributed by atoms with van der Waals surface area (Å²) in [4.78, 5) is 17.0. The standard InChI is InChI=1S/C18H27N3OS.ClH/c1-15-2-4-16(5-3-15)13-23-14-18(22)21-9-6-17(12-21)20-10-7-19-8-11-20;/h2-5,17,19H,6-14H2,1H3;1H. The van der Waals surface area contributed by atoms with E-state index in [4.69, 9.17) is 0 Å². The number of hydrogen-bond acceptors (Lipinski definition) is 4. The Morgan fingerprint density at radius 3 is 2.62 bits per heavy atom. The van der Waals surface area contributed by atoms with E-state index < -0.39 is 0 Å². The van der Waals surface area contributed by atoms with Gasteiger partial charge in [-0.25, -0.2) is 0 Å². The smallest absolute Gasteiger partial charge is 0.232 e. The summed E-state index contributed by atoms with van der Waals surface area (Å²) in [5, 5.41) is 3.39. The van der Waals surface area contributed by atoms with Crippen LogP contribution in [0.3, 0.4) is 0 Å². The molecule has 0 saturated carbocycles. The first-order chi connectivity index (χ1) is 11.2. The lowest BCUT2D eigenvalue weighted by molar-refractivity contribution is -0.127. The van der Waals surface area contributed by atoms with Gasteiger partial charge < -0.3 is 10.2 Å². The summed E-state index contributed by atoms with van der Waals surface area (Å²) in [5.41, 5.74) is 2.58. The van der Waals surface area contributed by atoms with E-state index in [1.54, 1.807) is 11.8 Å². The maximum atomic E-state index is 12.4. The van der Waals surface area contributed by atoms with E-state index in [0.29, 0.717) is 17.7 Å². The Hall–Kier alpha value is -0.750. The van der Waals surface area contributed by atoms with Crippen molar-refractivity contribution in [1.29, 1.82) is 0 Å². The number of likely N-dealkylation sites (tertiary alicyclic amines) is 1. The zero-order chi connectivity index (χ0) is 16.1. The molecule has 4 nitrogen and oxygen atoms in total. The Balaban J connectivity index is 0.00000208. The van der Waals surface area contributed by atoms with E-state index >= 15 is 0 Å². The largest absolute Gasteiger partial charge is 0.340 e. The number of amides is 1. The molecule has 2 aliphatic rings. The average molecular weight is 370 g/mol. The molecule has 2 heterocycles. The molecule has 0 aliphatic carbocycles. The van der Waals surface area contributed by atoms with Crippen molar-refractivity contribution < 1.29 is 4.79 Å². The van der Waals surface area contributed by atoms with Crippen molar-refractivity contribution in [1.82, 2.24) is 15.1 Å². The van der Waals surface area contributed by atoms with Gasteiger partial charge in [-0.3, -0.25) is 9.69 Å². The van der Waals surface area contributed by atoms with Crippen LogP contribution in [0.25, 0.3) is 0 Å². The summed E-state index contributed by atoms with van der Waals surface area (Å²) >= 11 is 1.73. The highest BCUT2D eigenvalue weighted by molar-refractivity contribution is 7.99. The maximum absolute atomic E-state index is 12.4. The Morgan fingerprint density at radius 1 is 1.21 bits per heavy atom. The van der Waals surface area contributed by atoms with Gasteiger partial charge in [0, 0.05) is 51.1 Å². The molecule has 2 fully saturated rings. The summed E-state index contributed by atoms with van der Waals surface area (Å²) in [5.74, 6) is 1.82. The molecule has 1 unspecified atom stereocenters. The van der Waals surface area contributed by atoms with Crippen LogP contribution in [0.2, 0.25) is 0 Å². The minimum absolute atomic E-state index is 0. The number of nitrogens with one attached hydrogen (secondary N) is 1. The minimum Gasteiger partial charge on any atom is -0.340 e. The molecular formula is C18H28ClN3OS. The SMILES string of the molecule is Cc1ccc(CSCC(=O)N2CCC(N3CCNCC3)C2)cc1.Cl. The molecule has 1 atom stereocenters. The number of carbonyl (C=O) groups is 1. The van der Waals surface area contributed by atoms with Crippen LogP contribution in [0.15, 0.2) is 24.3 Å². The Bertz CT molecular complexity index is 520. The first-order valence-corrected chi connectivity index (χ1v) is 9.73. The van der Waals surface area contributed by atoms with E-state index in [1.165, 1.54) is 11.1 Å². The third-order valence-electron chi connectivity index (χ3n) is 4.80. The molecule has 1 aromatic rings. The lowest BCUT2D eigenvalue weighted by atomic mass is 10.2. The van der Waals surface area contributed by atoms with Crippen molar-refractivity contribution in [3.63, 3.8) is 0 Å². The fraction of sp³-hybridized carbons (Fsp3) is 0.611. The lowest BCUT2D eigenvalue weighted by Gasteiger charge is -2.32. The molecule has 0 bridgehead atoms. The van der Waals surface area contributed by atoms with Gasteiger partial charge in [-0.1, -0.05) is 29.8 Å². The van der Waals surface area contributed by atoms with Gasteiger partial charge in [0.15, 0.2) is 0 Å². The number of benzene rings is 1. The van der Waals surface area contributed by atoms with Crippen LogP contribution in [-0.2, 0) is 10.5 Å². The van der Waals surface area contributed by atoms with Gasteiger partial charge in [0.25, 0.3) is 0 Å². The monoisotopic (exact) mass is 369 g/mol. The summed E-state index contributed by atoms with van der Waals surface area (Å²) in [7, 11) is 0. The summed E-state index contributed by atoms with van der Waals surface area (Å²) in [6.45, 7) is 8.35. The minimum atomic E-state index is 0. The molecule has 24 heavy (non-hydrogen) atoms. The lowest BCUT2D eigenvalue weighted by Crippen LogP contribution is -2.49. The van der Waals surface area contributed by atoms with Crippen LogP contribution >= 0.6 is 24.2 Å². The number of hydrogen-bond donors (Lipinski definition) is 1. The molecule has 134 valence electrons. The van der Waals surface area contributed by atoms with Gasteiger partial charge in [0.05, 0.1) is 5.75 Å². The summed E-state index contributed by atoms with van der Waals surface area (Å²) in [6, 6.07) is 9.15. The number of thioether (sulfide) groups is 1. The van der Waals surface area contributed by atoms with Gasteiger partial charge in [0.2, 0.25) is 5.91 Å². The Kier molecular flexibility index (Phi) is 7.88. The van der Waals surface area contributed by atoms with Crippen molar-refractivity contribution in [3.8, 4) is 0 Å². The maximum Gasteiger partial charge on any atom is 0.232 e. The van der Waals surface area contributed by atoms with E-state index in [9.17, 15) is 4.79 Å². The number of piperazine rings is 1. The second-order valence-electron chi connectivity index (χ2n) is 6.55. The number of aryl methyl sites for hydroxylation is 1. The highest BCUT2D eigenvalue weighted by Gasteiger charge is 2.30. The average Bonchev–Trinajstić information content (AvgIpc) is 3.07. The van der Waals surface area contributed by atoms with Gasteiger partial charge in [-0.05, 0) is 18.9 Å². The summed E-state index contributed by atoms with van der Waals surface area (Å²) in [6.07, 6.45) is 1.13. The molecular weight excluding hydrogens is 342 g/mol. The van der Waals surface area contributed by atoms with Crippen molar-refractivity contribution in [2.75, 3.05) is 45.0 Å². The van der Waals surface area contributed by atoms with Crippen molar-refractivity contribution >= 4 is 30.1 Å². The van der Waals surface area contributed by atoms with Crippen molar-refractivity contribution in [3.05, 3.63) is 35.4 Å². The first-order valence-electron chi connectivity index (χ1n) is 8.58. The van der Waals surface area contributed by atoms with Crippen LogP contribution in [0, 0.1) is 6.92 Å². The third kappa shape index (κ3) is 5.38. The van der Waals surface area contributed by atoms with Gasteiger partial charge in [0.1, 0.15) is 0 Å². The zero-order valence-corrected chi connectivity index (χ0v) is 16.0. The topological polar surface area (TPSA) is 35.6 Å². The normalized spacial score (nSPS) is 21.5. The molecule has 1 aromatic carbocycles. The molecule has 2 aliphatic heterocycles. The van der Waals surface area contributed by atoms with Crippen molar-refractivity contribution in [2.45, 2.75) is 25.1 Å². The third-order valence-corrected chi connectivity index (χ3v) is 5.79. The number of nitrogens with zero attached hydrogens (tertiary/aromatic N) is 2. The molecule has 1 N–H and O–H groups in total. The quantitative estimate of drug-likeness (QED) is 0.862. The van der Waals surface area contributed by atoms with Crippen molar-refractivity contribution in [2.24, 2.45) is 0 Å². The fourth-order valence-corrected chi connectivity index (χ4v) is 4.23. The molecule has 2 saturated heterocycles. The summed E-state index contributed by atoms with van der Waals surface area (Å²) < 4.78 is 0. The molecule has 0 spiro atoms. The number of halogens is 1. The van der Waals surface area contributed by atoms with Crippen LogP contribution in [-0.4, -0.2) is 66.8 Å². The highest BCUT2D eigenvalue weighted by atomic mass is 35.5. The first kappa shape index (κ1) is 19.6. The molecule has 6 heteroatoms. The van der Waals surface area contributed by atoms with E-state index in [0.717, 1.165) is 51.4 Å². The van der Waals surface area contributed by atoms with Gasteiger partial charge >= 0.3 is 0 Å². The van der Waals surface area contributed by atoms with Gasteiger partial charge in [-0.15, -0.1) is 24.2 Å². The van der Waals surface area contributed by atoms with Crippen LogP contribution in [0.4, 0.5) is 0 Å². The molecule has 0 aromatic heterocycles. The molecule has 3 rings (SSSR count). The number of rotatable bonds is 5. The van der Waals surface area contributed by atoms with Gasteiger partial charge in [-0.2, -0.15) is 0 Å². The van der Waals surface area contributed by atoms with E-state index in [1.807, 2.05) is 0 Å². The second kappa shape index (κ2) is 9.66. The van der Waals surface area contributed by atoms with E-state index in [2.05, 4.69) is 46.3 Å². The predicted octanol–water partition coefficient (Wildman–Crippen LogP) is 2.16. The highest BCUT2D eigenvalue weighted by Crippen LogP contribution is 2.19. The second-order valence-corrected chi connectivity index (χ2v) is 7.53. The predicted molar refractivity (Wildman–Crippen MR) is 104 cm³/mol. The zero-order valence-electron chi connectivity index (χ0n) is 14.4. The Morgan fingerprint density at radius 2 is 1.92 bits per heavy atom. The van der Waals surface area contributed by atoms with E-state index in [-0.39, 0.29) is 12.4 Å². The molecule has 1 amide bonds.